The van der Waals surface area contributed by atoms with Crippen molar-refractivity contribution in [2.75, 3.05) is 5.32 Å². The van der Waals surface area contributed by atoms with Crippen LogP contribution in [0.5, 0.6) is 0 Å². The van der Waals surface area contributed by atoms with Crippen molar-refractivity contribution in [2.45, 2.75) is 53.0 Å². The summed E-state index contributed by atoms with van der Waals surface area (Å²) in [7, 11) is 0. The molecule has 1 aromatic heterocycles. The van der Waals surface area contributed by atoms with Crippen LogP contribution in [0.25, 0.3) is 0 Å². The second-order valence-corrected chi connectivity index (χ2v) is 4.61. The molecular weight excluding hydrogens is 228 g/mol. The lowest BCUT2D eigenvalue weighted by molar-refractivity contribution is 0.0696. The molecular formula is C14H22N2O2. The first-order chi connectivity index (χ1) is 8.49. The van der Waals surface area contributed by atoms with Gasteiger partial charge >= 0.3 is 5.97 Å². The number of hydrogen-bond donors (Lipinski definition) is 2. The third-order valence-electron chi connectivity index (χ3n) is 3.03. The maximum Gasteiger partial charge on any atom is 0.339 e. The Morgan fingerprint density at radius 3 is 2.61 bits per heavy atom. The minimum atomic E-state index is -0.922. The summed E-state index contributed by atoms with van der Waals surface area (Å²) in [4.78, 5) is 15.5. The lowest BCUT2D eigenvalue weighted by Gasteiger charge is -2.20. The smallest absolute Gasteiger partial charge is 0.339 e. The van der Waals surface area contributed by atoms with Crippen LogP contribution in [-0.2, 0) is 0 Å². The second-order valence-electron chi connectivity index (χ2n) is 4.61. The quantitative estimate of drug-likeness (QED) is 0.812. The monoisotopic (exact) mass is 250 g/mol. The van der Waals surface area contributed by atoms with Crippen molar-refractivity contribution in [3.8, 4) is 0 Å². The summed E-state index contributed by atoms with van der Waals surface area (Å²) >= 11 is 0. The molecule has 2 N–H and O–H groups in total. The summed E-state index contributed by atoms with van der Waals surface area (Å²) in [5.74, 6) is -0.922. The van der Waals surface area contributed by atoms with E-state index >= 15 is 0 Å². The van der Waals surface area contributed by atoms with E-state index in [0.29, 0.717) is 17.4 Å². The predicted octanol–water partition coefficient (Wildman–Crippen LogP) is 3.39. The minimum absolute atomic E-state index is 0.287. The highest BCUT2D eigenvalue weighted by molar-refractivity contribution is 5.95. The highest BCUT2D eigenvalue weighted by atomic mass is 16.4. The SMILES string of the molecule is CCCC(CC)Nc1cc(C)nc(C)c1C(=O)O. The molecule has 0 fully saturated rings. The van der Waals surface area contributed by atoms with E-state index < -0.39 is 5.97 Å². The van der Waals surface area contributed by atoms with E-state index in [-0.39, 0.29) is 5.56 Å². The van der Waals surface area contributed by atoms with Crippen LogP contribution >= 0.6 is 0 Å². The summed E-state index contributed by atoms with van der Waals surface area (Å²) < 4.78 is 0. The minimum Gasteiger partial charge on any atom is -0.478 e. The molecule has 0 aliphatic rings. The van der Waals surface area contributed by atoms with Crippen LogP contribution in [-0.4, -0.2) is 22.1 Å². The molecule has 18 heavy (non-hydrogen) atoms. The zero-order chi connectivity index (χ0) is 13.7. The molecule has 0 amide bonds. The lowest BCUT2D eigenvalue weighted by atomic mass is 10.1. The van der Waals surface area contributed by atoms with Crippen molar-refractivity contribution in [3.63, 3.8) is 0 Å². The van der Waals surface area contributed by atoms with Crippen molar-refractivity contribution >= 4 is 11.7 Å². The predicted molar refractivity (Wildman–Crippen MR) is 73.3 cm³/mol. The normalized spacial score (nSPS) is 12.2. The van der Waals surface area contributed by atoms with E-state index in [4.69, 9.17) is 0 Å². The summed E-state index contributed by atoms with van der Waals surface area (Å²) in [5, 5.41) is 12.6. The number of carboxylic acids is 1. The summed E-state index contributed by atoms with van der Waals surface area (Å²) in [6.07, 6.45) is 3.10. The van der Waals surface area contributed by atoms with Crippen LogP contribution in [0, 0.1) is 13.8 Å². The van der Waals surface area contributed by atoms with E-state index in [2.05, 4.69) is 24.1 Å². The van der Waals surface area contributed by atoms with Crippen molar-refractivity contribution in [1.29, 1.82) is 0 Å². The Balaban J connectivity index is 3.09. The first-order valence-corrected chi connectivity index (χ1v) is 6.47. The molecule has 1 aromatic rings. The van der Waals surface area contributed by atoms with Gasteiger partial charge in [0.1, 0.15) is 5.56 Å². The van der Waals surface area contributed by atoms with Gasteiger partial charge in [-0.25, -0.2) is 4.79 Å². The summed E-state index contributed by atoms with van der Waals surface area (Å²) in [6, 6.07) is 2.13. The molecule has 100 valence electrons. The molecule has 0 bridgehead atoms. The molecule has 0 spiro atoms. The number of carbonyl (C=O) groups is 1. The fraction of sp³-hybridized carbons (Fsp3) is 0.571. The van der Waals surface area contributed by atoms with Crippen LogP contribution in [0.15, 0.2) is 6.07 Å². The Kier molecular flexibility index (Phi) is 5.13. The Morgan fingerprint density at radius 1 is 1.44 bits per heavy atom. The summed E-state index contributed by atoms with van der Waals surface area (Å²) in [6.45, 7) is 7.85. The number of pyridine rings is 1. The molecule has 4 nitrogen and oxygen atoms in total. The van der Waals surface area contributed by atoms with Gasteiger partial charge in [0, 0.05) is 11.7 Å². The summed E-state index contributed by atoms with van der Waals surface area (Å²) in [5.41, 5.74) is 2.38. The average molecular weight is 250 g/mol. The molecule has 1 atom stereocenters. The largest absolute Gasteiger partial charge is 0.478 e. The molecule has 0 radical (unpaired) electrons. The molecule has 1 unspecified atom stereocenters. The fourth-order valence-electron chi connectivity index (χ4n) is 2.16. The Labute approximate surface area is 108 Å². The van der Waals surface area contributed by atoms with Crippen LogP contribution < -0.4 is 5.32 Å². The number of nitrogens with one attached hydrogen (secondary N) is 1. The number of nitrogens with zero attached hydrogens (tertiary/aromatic N) is 1. The number of carboxylic acid groups (broad SMARTS) is 1. The molecule has 4 heteroatoms. The van der Waals surface area contributed by atoms with Crippen molar-refractivity contribution < 1.29 is 9.90 Å². The number of anilines is 1. The van der Waals surface area contributed by atoms with Gasteiger partial charge in [0.2, 0.25) is 0 Å². The second kappa shape index (κ2) is 6.38. The molecule has 0 aliphatic heterocycles. The van der Waals surface area contributed by atoms with Gasteiger partial charge in [0.05, 0.1) is 11.4 Å². The van der Waals surface area contributed by atoms with Crippen LogP contribution in [0.3, 0.4) is 0 Å². The molecule has 0 saturated carbocycles. The number of rotatable bonds is 6. The number of aryl methyl sites for hydroxylation is 2. The Hall–Kier alpha value is -1.58. The van der Waals surface area contributed by atoms with Gasteiger partial charge in [-0.05, 0) is 32.8 Å². The molecule has 0 aromatic carbocycles. The maximum absolute atomic E-state index is 11.3. The Morgan fingerprint density at radius 2 is 2.11 bits per heavy atom. The van der Waals surface area contributed by atoms with Crippen molar-refractivity contribution in [2.24, 2.45) is 0 Å². The lowest BCUT2D eigenvalue weighted by Crippen LogP contribution is -2.21. The van der Waals surface area contributed by atoms with E-state index in [1.165, 1.54) is 0 Å². The highest BCUT2D eigenvalue weighted by Gasteiger charge is 2.17. The average Bonchev–Trinajstić information content (AvgIpc) is 2.26. The third-order valence-corrected chi connectivity index (χ3v) is 3.03. The zero-order valence-corrected chi connectivity index (χ0v) is 11.6. The van der Waals surface area contributed by atoms with E-state index in [1.807, 2.05) is 13.0 Å². The fourth-order valence-corrected chi connectivity index (χ4v) is 2.16. The van der Waals surface area contributed by atoms with Crippen molar-refractivity contribution in [1.82, 2.24) is 4.98 Å². The number of aromatic carboxylic acids is 1. The Bertz CT molecular complexity index is 430. The molecule has 1 rings (SSSR count). The van der Waals surface area contributed by atoms with Gasteiger partial charge in [0.15, 0.2) is 0 Å². The molecule has 0 aliphatic carbocycles. The topological polar surface area (TPSA) is 62.2 Å². The van der Waals surface area contributed by atoms with Gasteiger partial charge in [-0.3, -0.25) is 4.98 Å². The van der Waals surface area contributed by atoms with E-state index in [1.54, 1.807) is 6.92 Å². The number of hydrogen-bond acceptors (Lipinski definition) is 3. The third kappa shape index (κ3) is 3.45. The number of aromatic nitrogens is 1. The van der Waals surface area contributed by atoms with Gasteiger partial charge in [-0.2, -0.15) is 0 Å². The van der Waals surface area contributed by atoms with Gasteiger partial charge in [-0.15, -0.1) is 0 Å². The zero-order valence-electron chi connectivity index (χ0n) is 11.6. The van der Waals surface area contributed by atoms with E-state index in [9.17, 15) is 9.90 Å². The first kappa shape index (κ1) is 14.5. The highest BCUT2D eigenvalue weighted by Crippen LogP contribution is 2.22. The van der Waals surface area contributed by atoms with Crippen LogP contribution in [0.4, 0.5) is 5.69 Å². The van der Waals surface area contributed by atoms with Gasteiger partial charge in [-0.1, -0.05) is 20.3 Å². The molecule has 1 heterocycles. The van der Waals surface area contributed by atoms with Gasteiger partial charge < -0.3 is 10.4 Å². The van der Waals surface area contributed by atoms with Crippen LogP contribution in [0.2, 0.25) is 0 Å². The maximum atomic E-state index is 11.3. The van der Waals surface area contributed by atoms with Crippen LogP contribution in [0.1, 0.15) is 54.9 Å². The first-order valence-electron chi connectivity index (χ1n) is 6.47. The standard InChI is InChI=1S/C14H22N2O2/c1-5-7-11(6-2)16-12-8-9(3)15-10(4)13(12)14(17)18/h8,11H,5-7H2,1-4H3,(H,15,16)(H,17,18). The molecule has 0 saturated heterocycles. The van der Waals surface area contributed by atoms with Crippen molar-refractivity contribution in [3.05, 3.63) is 23.0 Å². The van der Waals surface area contributed by atoms with E-state index in [0.717, 1.165) is 25.0 Å². The van der Waals surface area contributed by atoms with Gasteiger partial charge in [0.25, 0.3) is 0 Å².